The van der Waals surface area contributed by atoms with E-state index in [0.29, 0.717) is 13.2 Å². The molecule has 4 rings (SSSR count). The molecular formula is C21H20N2O2. The van der Waals surface area contributed by atoms with E-state index in [4.69, 9.17) is 4.74 Å². The van der Waals surface area contributed by atoms with E-state index in [0.717, 1.165) is 34.2 Å². The van der Waals surface area contributed by atoms with E-state index in [1.165, 1.54) is 0 Å². The molecule has 0 spiro atoms. The Hall–Kier alpha value is -2.88. The van der Waals surface area contributed by atoms with Crippen molar-refractivity contribution >= 4 is 16.8 Å². The first kappa shape index (κ1) is 15.6. The molecule has 0 bridgehead atoms. The summed E-state index contributed by atoms with van der Waals surface area (Å²) in [6.07, 6.45) is 2.52. The monoisotopic (exact) mass is 332 g/mol. The highest BCUT2D eigenvalue weighted by Crippen LogP contribution is 2.28. The molecule has 2 heterocycles. The number of amides is 1. The van der Waals surface area contributed by atoms with Gasteiger partial charge in [0, 0.05) is 25.2 Å². The SMILES string of the molecule is CN(Cc1cccc2ncccc12)C(=O)[C@H]1COc2ccccc2C1. The van der Waals surface area contributed by atoms with E-state index < -0.39 is 0 Å². The Labute approximate surface area is 147 Å². The molecule has 25 heavy (non-hydrogen) atoms. The number of aromatic nitrogens is 1. The molecule has 0 N–H and O–H groups in total. The van der Waals surface area contributed by atoms with Crippen molar-refractivity contribution in [2.45, 2.75) is 13.0 Å². The molecule has 0 fully saturated rings. The number of benzene rings is 2. The Kier molecular flexibility index (Phi) is 4.10. The number of para-hydroxylation sites is 1. The Bertz CT molecular complexity index is 917. The molecule has 1 aliphatic heterocycles. The maximum absolute atomic E-state index is 12.9. The fourth-order valence-electron chi connectivity index (χ4n) is 3.44. The quantitative estimate of drug-likeness (QED) is 0.738. The molecule has 1 atom stereocenters. The van der Waals surface area contributed by atoms with Crippen LogP contribution in [0.15, 0.2) is 60.8 Å². The number of ether oxygens (including phenoxy) is 1. The second kappa shape index (κ2) is 6.55. The summed E-state index contributed by atoms with van der Waals surface area (Å²) in [5.74, 6) is 0.887. The number of hydrogen-bond acceptors (Lipinski definition) is 3. The molecule has 1 aromatic heterocycles. The predicted molar refractivity (Wildman–Crippen MR) is 97.3 cm³/mol. The molecule has 0 unspecified atom stereocenters. The first-order valence-electron chi connectivity index (χ1n) is 8.50. The standard InChI is InChI=1S/C21H20N2O2/c1-23(13-16-7-4-9-19-18(16)8-5-11-22-19)21(24)17-12-15-6-2-3-10-20(15)25-14-17/h2-11,17H,12-14H2,1H3/t17-/m1/s1. The molecule has 1 amide bonds. The molecule has 126 valence electrons. The number of fused-ring (bicyclic) bond motifs is 2. The van der Waals surface area contributed by atoms with Crippen molar-refractivity contribution in [3.8, 4) is 5.75 Å². The molecule has 2 aromatic carbocycles. The molecule has 4 heteroatoms. The third-order valence-corrected chi connectivity index (χ3v) is 4.75. The summed E-state index contributed by atoms with van der Waals surface area (Å²) in [5.41, 5.74) is 3.17. The van der Waals surface area contributed by atoms with Crippen molar-refractivity contribution in [2.75, 3.05) is 13.7 Å². The van der Waals surface area contributed by atoms with E-state index in [1.54, 1.807) is 11.1 Å². The minimum Gasteiger partial charge on any atom is -0.492 e. The largest absolute Gasteiger partial charge is 0.492 e. The van der Waals surface area contributed by atoms with Gasteiger partial charge >= 0.3 is 0 Å². The number of hydrogen-bond donors (Lipinski definition) is 0. The normalized spacial score (nSPS) is 16.1. The number of rotatable bonds is 3. The van der Waals surface area contributed by atoms with E-state index in [-0.39, 0.29) is 11.8 Å². The van der Waals surface area contributed by atoms with Crippen LogP contribution in [0.1, 0.15) is 11.1 Å². The van der Waals surface area contributed by atoms with Crippen LogP contribution in [0.3, 0.4) is 0 Å². The molecule has 4 nitrogen and oxygen atoms in total. The van der Waals surface area contributed by atoms with Crippen molar-refractivity contribution in [1.82, 2.24) is 9.88 Å². The maximum atomic E-state index is 12.9. The smallest absolute Gasteiger partial charge is 0.229 e. The van der Waals surface area contributed by atoms with Crippen molar-refractivity contribution in [2.24, 2.45) is 5.92 Å². The second-order valence-electron chi connectivity index (χ2n) is 6.50. The van der Waals surface area contributed by atoms with Crippen LogP contribution in [0.5, 0.6) is 5.75 Å². The fraction of sp³-hybridized carbons (Fsp3) is 0.238. The lowest BCUT2D eigenvalue weighted by atomic mass is 9.95. The average Bonchev–Trinajstić information content (AvgIpc) is 2.67. The zero-order chi connectivity index (χ0) is 17.2. The van der Waals surface area contributed by atoms with Crippen LogP contribution in [-0.2, 0) is 17.8 Å². The van der Waals surface area contributed by atoms with Gasteiger partial charge in [-0.15, -0.1) is 0 Å². The number of carbonyl (C=O) groups excluding carboxylic acids is 1. The zero-order valence-corrected chi connectivity index (χ0v) is 14.2. The minimum atomic E-state index is -0.131. The van der Waals surface area contributed by atoms with Crippen LogP contribution >= 0.6 is 0 Å². The summed E-state index contributed by atoms with van der Waals surface area (Å²) in [6, 6.07) is 18.0. The average molecular weight is 332 g/mol. The van der Waals surface area contributed by atoms with Gasteiger partial charge in [0.25, 0.3) is 0 Å². The molecule has 1 aliphatic rings. The molecule has 0 saturated carbocycles. The van der Waals surface area contributed by atoms with Gasteiger partial charge in [0.1, 0.15) is 12.4 Å². The van der Waals surface area contributed by atoms with Gasteiger partial charge in [-0.05, 0) is 35.7 Å². The van der Waals surface area contributed by atoms with Crippen molar-refractivity contribution in [3.63, 3.8) is 0 Å². The van der Waals surface area contributed by atoms with Crippen LogP contribution in [0.25, 0.3) is 10.9 Å². The summed E-state index contributed by atoms with van der Waals surface area (Å²) in [6.45, 7) is 1.01. The second-order valence-corrected chi connectivity index (χ2v) is 6.50. The van der Waals surface area contributed by atoms with Gasteiger partial charge in [-0.25, -0.2) is 0 Å². The third kappa shape index (κ3) is 3.07. The Morgan fingerprint density at radius 3 is 2.96 bits per heavy atom. The molecule has 0 saturated heterocycles. The molecule has 0 aliphatic carbocycles. The van der Waals surface area contributed by atoms with E-state index in [2.05, 4.69) is 17.1 Å². The first-order chi connectivity index (χ1) is 12.2. The zero-order valence-electron chi connectivity index (χ0n) is 14.2. The van der Waals surface area contributed by atoms with E-state index in [9.17, 15) is 4.79 Å². The van der Waals surface area contributed by atoms with Gasteiger partial charge in [-0.1, -0.05) is 36.4 Å². The highest BCUT2D eigenvalue weighted by atomic mass is 16.5. The van der Waals surface area contributed by atoms with E-state index in [1.807, 2.05) is 49.5 Å². The van der Waals surface area contributed by atoms with Crippen LogP contribution in [0.2, 0.25) is 0 Å². The van der Waals surface area contributed by atoms with Gasteiger partial charge < -0.3 is 9.64 Å². The van der Waals surface area contributed by atoms with Crippen molar-refractivity contribution in [3.05, 3.63) is 71.9 Å². The lowest BCUT2D eigenvalue weighted by molar-refractivity contribution is -0.136. The lowest BCUT2D eigenvalue weighted by Gasteiger charge is -2.28. The Morgan fingerprint density at radius 1 is 1.16 bits per heavy atom. The Balaban J connectivity index is 1.51. The topological polar surface area (TPSA) is 42.4 Å². The van der Waals surface area contributed by atoms with E-state index >= 15 is 0 Å². The van der Waals surface area contributed by atoms with Gasteiger partial charge in [0.15, 0.2) is 0 Å². The van der Waals surface area contributed by atoms with Crippen LogP contribution < -0.4 is 4.74 Å². The summed E-state index contributed by atoms with van der Waals surface area (Å²) >= 11 is 0. The molecular weight excluding hydrogens is 312 g/mol. The highest BCUT2D eigenvalue weighted by molar-refractivity contribution is 5.83. The van der Waals surface area contributed by atoms with Gasteiger partial charge in [0.05, 0.1) is 11.4 Å². The summed E-state index contributed by atoms with van der Waals surface area (Å²) in [5, 5.41) is 1.09. The van der Waals surface area contributed by atoms with Crippen molar-refractivity contribution in [1.29, 1.82) is 0 Å². The molecule has 3 aromatic rings. The van der Waals surface area contributed by atoms with Gasteiger partial charge in [-0.2, -0.15) is 0 Å². The highest BCUT2D eigenvalue weighted by Gasteiger charge is 2.28. The minimum absolute atomic E-state index is 0.121. The predicted octanol–water partition coefficient (Wildman–Crippen LogP) is 3.44. The fourth-order valence-corrected chi connectivity index (χ4v) is 3.44. The summed E-state index contributed by atoms with van der Waals surface area (Å²) in [4.78, 5) is 19.1. The first-order valence-corrected chi connectivity index (χ1v) is 8.50. The maximum Gasteiger partial charge on any atom is 0.229 e. The van der Waals surface area contributed by atoms with Crippen molar-refractivity contribution < 1.29 is 9.53 Å². The summed E-state index contributed by atoms with van der Waals surface area (Å²) in [7, 11) is 1.86. The lowest BCUT2D eigenvalue weighted by Crippen LogP contribution is -2.38. The van der Waals surface area contributed by atoms with Crippen LogP contribution in [-0.4, -0.2) is 29.4 Å². The number of carbonyl (C=O) groups is 1. The number of pyridine rings is 1. The van der Waals surface area contributed by atoms with Gasteiger partial charge in [-0.3, -0.25) is 9.78 Å². The molecule has 0 radical (unpaired) electrons. The van der Waals surface area contributed by atoms with Crippen LogP contribution in [0.4, 0.5) is 0 Å². The summed E-state index contributed by atoms with van der Waals surface area (Å²) < 4.78 is 5.77. The van der Waals surface area contributed by atoms with Crippen LogP contribution in [0, 0.1) is 5.92 Å². The number of nitrogens with zero attached hydrogens (tertiary/aromatic N) is 2. The Morgan fingerprint density at radius 2 is 2.04 bits per heavy atom. The third-order valence-electron chi connectivity index (χ3n) is 4.75. The van der Waals surface area contributed by atoms with Gasteiger partial charge in [0.2, 0.25) is 5.91 Å².